The molecule has 0 amide bonds. The van der Waals surface area contributed by atoms with Gasteiger partial charge in [-0.1, -0.05) is 13.8 Å². The summed E-state index contributed by atoms with van der Waals surface area (Å²) in [5.41, 5.74) is 2.10. The van der Waals surface area contributed by atoms with Gasteiger partial charge < -0.3 is 5.32 Å². The van der Waals surface area contributed by atoms with Gasteiger partial charge in [-0.05, 0) is 32.8 Å². The summed E-state index contributed by atoms with van der Waals surface area (Å²) in [6, 6.07) is 1.92. The number of rotatable bonds is 4. The summed E-state index contributed by atoms with van der Waals surface area (Å²) in [6.45, 7) is 11.4. The lowest BCUT2D eigenvalue weighted by Crippen LogP contribution is -2.26. The van der Waals surface area contributed by atoms with Gasteiger partial charge in [-0.3, -0.25) is 4.68 Å². The van der Waals surface area contributed by atoms with Crippen LogP contribution in [0.1, 0.15) is 34.6 Å². The van der Waals surface area contributed by atoms with Crippen LogP contribution in [0.15, 0.2) is 24.8 Å². The van der Waals surface area contributed by atoms with Crippen LogP contribution >= 0.6 is 0 Å². The number of hydrogen-bond acceptors (Lipinski definition) is 6. The second-order valence-electron chi connectivity index (χ2n) is 7.38. The molecule has 3 aromatic rings. The SMILES string of the molecule is CC(C)Cn1cnc(-c2cnc3nc(NC(C)(C)C)cnc3c2)n1. The average molecular weight is 325 g/mol. The van der Waals surface area contributed by atoms with Gasteiger partial charge in [0, 0.05) is 23.8 Å². The minimum absolute atomic E-state index is 0.0739. The van der Waals surface area contributed by atoms with E-state index < -0.39 is 0 Å². The topological polar surface area (TPSA) is 81.4 Å². The Morgan fingerprint density at radius 2 is 1.92 bits per heavy atom. The van der Waals surface area contributed by atoms with Crippen LogP contribution in [0.3, 0.4) is 0 Å². The highest BCUT2D eigenvalue weighted by Gasteiger charge is 2.12. The van der Waals surface area contributed by atoms with Crippen LogP contribution in [0.25, 0.3) is 22.6 Å². The predicted octanol–water partition coefficient (Wildman–Crippen LogP) is 3.15. The van der Waals surface area contributed by atoms with E-state index in [9.17, 15) is 0 Å². The molecule has 0 atom stereocenters. The highest BCUT2D eigenvalue weighted by Crippen LogP contribution is 2.19. The molecule has 3 aromatic heterocycles. The second-order valence-corrected chi connectivity index (χ2v) is 7.38. The number of fused-ring (bicyclic) bond motifs is 1. The molecular weight excluding hydrogens is 302 g/mol. The highest BCUT2D eigenvalue weighted by molar-refractivity contribution is 5.76. The fourth-order valence-electron chi connectivity index (χ4n) is 2.36. The number of aromatic nitrogens is 6. The zero-order valence-corrected chi connectivity index (χ0v) is 14.8. The van der Waals surface area contributed by atoms with Gasteiger partial charge in [0.2, 0.25) is 0 Å². The van der Waals surface area contributed by atoms with Crippen molar-refractivity contribution in [3.05, 3.63) is 24.8 Å². The maximum atomic E-state index is 4.51. The molecule has 1 N–H and O–H groups in total. The van der Waals surface area contributed by atoms with E-state index in [2.05, 4.69) is 65.0 Å². The van der Waals surface area contributed by atoms with Crippen molar-refractivity contribution in [1.82, 2.24) is 29.7 Å². The van der Waals surface area contributed by atoms with E-state index in [4.69, 9.17) is 0 Å². The van der Waals surface area contributed by atoms with Gasteiger partial charge in [-0.25, -0.2) is 19.9 Å². The number of hydrogen-bond donors (Lipinski definition) is 1. The van der Waals surface area contributed by atoms with E-state index in [0.29, 0.717) is 17.4 Å². The van der Waals surface area contributed by atoms with Crippen molar-refractivity contribution in [2.45, 2.75) is 46.7 Å². The Hall–Kier alpha value is -2.57. The summed E-state index contributed by atoms with van der Waals surface area (Å²) in [6.07, 6.45) is 5.22. The van der Waals surface area contributed by atoms with Crippen LogP contribution in [0.2, 0.25) is 0 Å². The Kier molecular flexibility index (Phi) is 4.17. The molecule has 0 saturated carbocycles. The maximum Gasteiger partial charge on any atom is 0.182 e. The van der Waals surface area contributed by atoms with Crippen molar-refractivity contribution in [2.24, 2.45) is 5.92 Å². The third-order valence-corrected chi connectivity index (χ3v) is 3.25. The smallest absolute Gasteiger partial charge is 0.182 e. The summed E-state index contributed by atoms with van der Waals surface area (Å²) >= 11 is 0. The number of nitrogens with one attached hydrogen (secondary N) is 1. The molecule has 0 aliphatic heterocycles. The van der Waals surface area contributed by atoms with Gasteiger partial charge in [0.1, 0.15) is 17.7 Å². The third-order valence-electron chi connectivity index (χ3n) is 3.25. The van der Waals surface area contributed by atoms with E-state index in [1.165, 1.54) is 0 Å². The van der Waals surface area contributed by atoms with Crippen LogP contribution in [-0.4, -0.2) is 35.3 Å². The average Bonchev–Trinajstić information content (AvgIpc) is 2.92. The molecule has 0 aliphatic carbocycles. The molecule has 126 valence electrons. The Bertz CT molecular complexity index is 846. The molecule has 7 heteroatoms. The molecule has 0 aliphatic rings. The predicted molar refractivity (Wildman–Crippen MR) is 94.6 cm³/mol. The largest absolute Gasteiger partial charge is 0.364 e. The maximum absolute atomic E-state index is 4.51. The quantitative estimate of drug-likeness (QED) is 0.793. The fraction of sp³-hybridized carbons (Fsp3) is 0.471. The third kappa shape index (κ3) is 3.84. The molecule has 0 aromatic carbocycles. The van der Waals surface area contributed by atoms with Crippen molar-refractivity contribution in [2.75, 3.05) is 5.32 Å². The van der Waals surface area contributed by atoms with Gasteiger partial charge >= 0.3 is 0 Å². The van der Waals surface area contributed by atoms with E-state index >= 15 is 0 Å². The minimum Gasteiger partial charge on any atom is -0.364 e. The van der Waals surface area contributed by atoms with Crippen molar-refractivity contribution < 1.29 is 0 Å². The molecule has 0 fully saturated rings. The van der Waals surface area contributed by atoms with Gasteiger partial charge in [0.25, 0.3) is 0 Å². The van der Waals surface area contributed by atoms with Crippen LogP contribution < -0.4 is 5.32 Å². The molecule has 3 heterocycles. The minimum atomic E-state index is -0.0739. The fourth-order valence-corrected chi connectivity index (χ4v) is 2.36. The molecule has 0 radical (unpaired) electrons. The molecule has 24 heavy (non-hydrogen) atoms. The summed E-state index contributed by atoms with van der Waals surface area (Å²) < 4.78 is 1.85. The lowest BCUT2D eigenvalue weighted by Gasteiger charge is -2.20. The summed E-state index contributed by atoms with van der Waals surface area (Å²) in [5, 5.41) is 7.80. The Labute approximate surface area is 141 Å². The van der Waals surface area contributed by atoms with Crippen LogP contribution in [0.4, 0.5) is 5.82 Å². The molecule has 0 bridgehead atoms. The van der Waals surface area contributed by atoms with E-state index in [1.54, 1.807) is 18.7 Å². The van der Waals surface area contributed by atoms with Crippen LogP contribution in [0, 0.1) is 5.92 Å². The zero-order valence-electron chi connectivity index (χ0n) is 14.8. The number of nitrogens with zero attached hydrogens (tertiary/aromatic N) is 6. The van der Waals surface area contributed by atoms with Crippen molar-refractivity contribution in [3.8, 4) is 11.4 Å². The Morgan fingerprint density at radius 1 is 1.12 bits per heavy atom. The van der Waals surface area contributed by atoms with Crippen LogP contribution in [-0.2, 0) is 6.54 Å². The van der Waals surface area contributed by atoms with E-state index in [0.717, 1.165) is 23.4 Å². The van der Waals surface area contributed by atoms with Crippen molar-refractivity contribution in [3.63, 3.8) is 0 Å². The summed E-state index contributed by atoms with van der Waals surface area (Å²) in [4.78, 5) is 17.7. The first-order valence-corrected chi connectivity index (χ1v) is 8.11. The van der Waals surface area contributed by atoms with Gasteiger partial charge in [0.05, 0.1) is 6.20 Å². The Morgan fingerprint density at radius 3 is 2.62 bits per heavy atom. The molecule has 0 unspecified atom stereocenters. The molecule has 0 spiro atoms. The zero-order chi connectivity index (χ0) is 17.3. The highest BCUT2D eigenvalue weighted by atomic mass is 15.3. The molecule has 0 saturated heterocycles. The first-order valence-electron chi connectivity index (χ1n) is 8.11. The van der Waals surface area contributed by atoms with Gasteiger partial charge in [-0.2, -0.15) is 5.10 Å². The number of pyridine rings is 1. The normalized spacial score (nSPS) is 12.1. The monoisotopic (exact) mass is 325 g/mol. The van der Waals surface area contributed by atoms with Crippen LogP contribution in [0.5, 0.6) is 0 Å². The van der Waals surface area contributed by atoms with E-state index in [1.807, 2.05) is 10.7 Å². The summed E-state index contributed by atoms with van der Waals surface area (Å²) in [5.74, 6) is 1.90. The summed E-state index contributed by atoms with van der Waals surface area (Å²) in [7, 11) is 0. The molecule has 3 rings (SSSR count). The lowest BCUT2D eigenvalue weighted by molar-refractivity contribution is 0.483. The first kappa shape index (κ1) is 16.3. The lowest BCUT2D eigenvalue weighted by atomic mass is 10.1. The second kappa shape index (κ2) is 6.14. The van der Waals surface area contributed by atoms with E-state index in [-0.39, 0.29) is 5.54 Å². The molecule has 7 nitrogen and oxygen atoms in total. The van der Waals surface area contributed by atoms with Crippen molar-refractivity contribution in [1.29, 1.82) is 0 Å². The standard InChI is InChI=1S/C17H23N7/c1-11(2)9-24-10-20-15(23-24)12-6-13-16(19-7-12)21-14(8-18-13)22-17(3,4)5/h6-8,10-11H,9H2,1-5H3,(H,19,21,22). The van der Waals surface area contributed by atoms with Gasteiger partial charge in [-0.15, -0.1) is 0 Å². The van der Waals surface area contributed by atoms with Gasteiger partial charge in [0.15, 0.2) is 11.5 Å². The van der Waals surface area contributed by atoms with Crippen molar-refractivity contribution >= 4 is 17.0 Å². The number of anilines is 1. The Balaban J connectivity index is 1.89. The first-order chi connectivity index (χ1) is 11.3. The molecular formula is C17H23N7.